The lowest BCUT2D eigenvalue weighted by Gasteiger charge is -2.14. The van der Waals surface area contributed by atoms with Crippen LogP contribution < -0.4 is 10.1 Å². The van der Waals surface area contributed by atoms with Crippen molar-refractivity contribution in [3.63, 3.8) is 0 Å². The Balaban J connectivity index is 1.51. The highest BCUT2D eigenvalue weighted by Gasteiger charge is 2.19. The van der Waals surface area contributed by atoms with Crippen molar-refractivity contribution in [2.75, 3.05) is 12.4 Å². The molecule has 0 aliphatic rings. The third-order valence-electron chi connectivity index (χ3n) is 4.50. The predicted octanol–water partition coefficient (Wildman–Crippen LogP) is 4.60. The van der Waals surface area contributed by atoms with E-state index in [1.807, 2.05) is 36.4 Å². The van der Waals surface area contributed by atoms with Gasteiger partial charge in [0.2, 0.25) is 0 Å². The minimum Gasteiger partial charge on any atom is -0.489 e. The number of nitrogens with one attached hydrogen (secondary N) is 1. The van der Waals surface area contributed by atoms with E-state index >= 15 is 0 Å². The molecule has 6 nitrogen and oxygen atoms in total. The van der Waals surface area contributed by atoms with Crippen LogP contribution in [0.3, 0.4) is 0 Å². The molecule has 160 valence electrons. The normalized spacial score (nSPS) is 11.4. The van der Waals surface area contributed by atoms with Crippen LogP contribution in [-0.4, -0.2) is 25.1 Å². The highest BCUT2D eigenvalue weighted by Crippen LogP contribution is 2.18. The molecule has 1 N–H and O–H groups in total. The molecule has 0 spiro atoms. The van der Waals surface area contributed by atoms with Gasteiger partial charge in [-0.1, -0.05) is 42.5 Å². The van der Waals surface area contributed by atoms with Gasteiger partial charge >= 0.3 is 5.97 Å². The van der Waals surface area contributed by atoms with Gasteiger partial charge in [0.25, 0.3) is 5.91 Å². The fourth-order valence-electron chi connectivity index (χ4n) is 2.86. The smallest absolute Gasteiger partial charge is 0.338 e. The summed E-state index contributed by atoms with van der Waals surface area (Å²) >= 11 is 0. The maximum absolute atomic E-state index is 12.4. The average Bonchev–Trinajstić information content (AvgIpc) is 2.79. The highest BCUT2D eigenvalue weighted by molar-refractivity contribution is 5.97. The van der Waals surface area contributed by atoms with Gasteiger partial charge < -0.3 is 19.5 Å². The van der Waals surface area contributed by atoms with Crippen molar-refractivity contribution in [2.45, 2.75) is 26.2 Å². The fraction of sp³-hybridized carbons (Fsp3) is 0.200. The second kappa shape index (κ2) is 10.9. The van der Waals surface area contributed by atoms with Crippen molar-refractivity contribution in [2.24, 2.45) is 0 Å². The molecule has 0 aromatic heterocycles. The standard InChI is InChI=1S/C25H25NO5/c1-18(31-25(28)21-10-6-9-20(15-21)16-29-2)24(27)26-22-11-13-23(14-12-22)30-17-19-7-4-3-5-8-19/h3-15,18H,16-17H2,1-2H3,(H,26,27)/t18-/m1/s1. The number of esters is 1. The van der Waals surface area contributed by atoms with E-state index in [1.165, 1.54) is 6.92 Å². The number of hydrogen-bond acceptors (Lipinski definition) is 5. The Morgan fingerprint density at radius 1 is 0.871 bits per heavy atom. The number of anilines is 1. The van der Waals surface area contributed by atoms with Crippen LogP contribution in [0.5, 0.6) is 5.75 Å². The van der Waals surface area contributed by atoms with Crippen molar-refractivity contribution in [1.82, 2.24) is 0 Å². The zero-order valence-electron chi connectivity index (χ0n) is 17.5. The van der Waals surface area contributed by atoms with Crippen molar-refractivity contribution >= 4 is 17.6 Å². The Morgan fingerprint density at radius 2 is 1.58 bits per heavy atom. The van der Waals surface area contributed by atoms with Gasteiger partial charge in [0.15, 0.2) is 6.10 Å². The molecular formula is C25H25NO5. The summed E-state index contributed by atoms with van der Waals surface area (Å²) in [6, 6.07) is 23.8. The van der Waals surface area contributed by atoms with E-state index in [2.05, 4.69) is 5.32 Å². The van der Waals surface area contributed by atoms with Crippen LogP contribution in [0.2, 0.25) is 0 Å². The lowest BCUT2D eigenvalue weighted by molar-refractivity contribution is -0.123. The topological polar surface area (TPSA) is 73.9 Å². The van der Waals surface area contributed by atoms with E-state index in [9.17, 15) is 9.59 Å². The summed E-state index contributed by atoms with van der Waals surface area (Å²) in [5, 5.41) is 2.74. The molecule has 0 saturated heterocycles. The van der Waals surface area contributed by atoms with Crippen molar-refractivity contribution in [1.29, 1.82) is 0 Å². The molecule has 0 fully saturated rings. The second-order valence-electron chi connectivity index (χ2n) is 6.97. The Labute approximate surface area is 181 Å². The summed E-state index contributed by atoms with van der Waals surface area (Å²) in [7, 11) is 1.58. The minimum absolute atomic E-state index is 0.370. The molecule has 31 heavy (non-hydrogen) atoms. The molecule has 3 rings (SSSR count). The van der Waals surface area contributed by atoms with Crippen LogP contribution in [0.1, 0.15) is 28.4 Å². The van der Waals surface area contributed by atoms with Gasteiger partial charge in [-0.25, -0.2) is 4.79 Å². The molecule has 0 aliphatic carbocycles. The maximum Gasteiger partial charge on any atom is 0.338 e. The van der Waals surface area contributed by atoms with E-state index < -0.39 is 18.0 Å². The monoisotopic (exact) mass is 419 g/mol. The summed E-state index contributed by atoms with van der Waals surface area (Å²) in [6.07, 6.45) is -0.951. The number of rotatable bonds is 9. The van der Waals surface area contributed by atoms with Crippen LogP contribution in [0.15, 0.2) is 78.9 Å². The molecule has 0 aliphatic heterocycles. The number of hydrogen-bond donors (Lipinski definition) is 1. The molecule has 3 aromatic rings. The lowest BCUT2D eigenvalue weighted by Crippen LogP contribution is -2.30. The van der Waals surface area contributed by atoms with Gasteiger partial charge in [0.1, 0.15) is 12.4 Å². The molecule has 1 amide bonds. The molecule has 3 aromatic carbocycles. The minimum atomic E-state index is -0.951. The van der Waals surface area contributed by atoms with Crippen molar-refractivity contribution in [3.8, 4) is 5.75 Å². The number of carbonyl (C=O) groups is 2. The molecular weight excluding hydrogens is 394 g/mol. The SMILES string of the molecule is COCc1cccc(C(=O)O[C@H](C)C(=O)Nc2ccc(OCc3ccccc3)cc2)c1. The van der Waals surface area contributed by atoms with E-state index in [-0.39, 0.29) is 0 Å². The highest BCUT2D eigenvalue weighted by atomic mass is 16.5. The van der Waals surface area contributed by atoms with Crippen LogP contribution >= 0.6 is 0 Å². The molecule has 0 unspecified atom stereocenters. The van der Waals surface area contributed by atoms with Crippen molar-refractivity contribution < 1.29 is 23.8 Å². The fourth-order valence-corrected chi connectivity index (χ4v) is 2.86. The van der Waals surface area contributed by atoms with Gasteiger partial charge in [-0.15, -0.1) is 0 Å². The molecule has 1 atom stereocenters. The van der Waals surface area contributed by atoms with Gasteiger partial charge in [0, 0.05) is 12.8 Å². The molecule has 0 bridgehead atoms. The van der Waals surface area contributed by atoms with E-state index in [0.29, 0.717) is 30.2 Å². The first-order valence-electron chi connectivity index (χ1n) is 9.91. The summed E-state index contributed by atoms with van der Waals surface area (Å²) in [4.78, 5) is 24.7. The molecule has 0 radical (unpaired) electrons. The second-order valence-corrected chi connectivity index (χ2v) is 6.97. The van der Waals surface area contributed by atoms with E-state index in [4.69, 9.17) is 14.2 Å². The molecule has 6 heteroatoms. The first kappa shape index (κ1) is 22.1. The average molecular weight is 419 g/mol. The third-order valence-corrected chi connectivity index (χ3v) is 4.50. The number of methoxy groups -OCH3 is 1. The maximum atomic E-state index is 12.4. The lowest BCUT2D eigenvalue weighted by atomic mass is 10.1. The van der Waals surface area contributed by atoms with Crippen LogP contribution in [0, 0.1) is 0 Å². The number of carbonyl (C=O) groups excluding carboxylic acids is 2. The Morgan fingerprint density at radius 3 is 2.29 bits per heavy atom. The Kier molecular flexibility index (Phi) is 7.79. The molecule has 0 saturated carbocycles. The largest absolute Gasteiger partial charge is 0.489 e. The Hall–Kier alpha value is -3.64. The Bertz CT molecular complexity index is 1000. The predicted molar refractivity (Wildman–Crippen MR) is 118 cm³/mol. The number of ether oxygens (including phenoxy) is 3. The number of amides is 1. The van der Waals surface area contributed by atoms with Gasteiger partial charge in [-0.05, 0) is 54.4 Å². The zero-order chi connectivity index (χ0) is 22.1. The van der Waals surface area contributed by atoms with E-state index in [0.717, 1.165) is 11.1 Å². The van der Waals surface area contributed by atoms with Crippen LogP contribution in [0.4, 0.5) is 5.69 Å². The van der Waals surface area contributed by atoms with E-state index in [1.54, 1.807) is 49.6 Å². The molecule has 0 heterocycles. The number of benzene rings is 3. The summed E-state index contributed by atoms with van der Waals surface area (Å²) in [6.45, 7) is 2.39. The summed E-state index contributed by atoms with van der Waals surface area (Å²) in [5.74, 6) is -0.290. The van der Waals surface area contributed by atoms with Crippen LogP contribution in [-0.2, 0) is 27.5 Å². The van der Waals surface area contributed by atoms with Crippen molar-refractivity contribution in [3.05, 3.63) is 95.6 Å². The third kappa shape index (κ3) is 6.69. The summed E-state index contributed by atoms with van der Waals surface area (Å²) in [5.41, 5.74) is 2.88. The summed E-state index contributed by atoms with van der Waals surface area (Å²) < 4.78 is 16.1. The zero-order valence-corrected chi connectivity index (χ0v) is 17.5. The van der Waals surface area contributed by atoms with Crippen LogP contribution in [0.25, 0.3) is 0 Å². The first-order valence-corrected chi connectivity index (χ1v) is 9.91. The van der Waals surface area contributed by atoms with Gasteiger partial charge in [0.05, 0.1) is 12.2 Å². The quantitative estimate of drug-likeness (QED) is 0.513. The first-order chi connectivity index (χ1) is 15.0. The van der Waals surface area contributed by atoms with Gasteiger partial charge in [-0.3, -0.25) is 4.79 Å². The van der Waals surface area contributed by atoms with Gasteiger partial charge in [-0.2, -0.15) is 0 Å².